The van der Waals surface area contributed by atoms with Crippen molar-refractivity contribution < 1.29 is 0 Å². The van der Waals surface area contributed by atoms with Crippen molar-refractivity contribution in [1.29, 1.82) is 0 Å². The first-order valence-corrected chi connectivity index (χ1v) is 10.8. The van der Waals surface area contributed by atoms with Crippen molar-refractivity contribution in [1.82, 2.24) is 24.1 Å². The summed E-state index contributed by atoms with van der Waals surface area (Å²) in [6, 6.07) is 3.76. The Labute approximate surface area is 162 Å². The minimum absolute atomic E-state index is 0.0509. The van der Waals surface area contributed by atoms with Gasteiger partial charge in [0.1, 0.15) is 0 Å². The first-order valence-electron chi connectivity index (χ1n) is 8.09. The van der Waals surface area contributed by atoms with Gasteiger partial charge in [0.05, 0.1) is 5.69 Å². The Morgan fingerprint density at radius 2 is 2.08 bits per heavy atom. The molecule has 0 atom stereocenters. The summed E-state index contributed by atoms with van der Waals surface area (Å²) < 4.78 is 3.55. The van der Waals surface area contributed by atoms with E-state index in [0.29, 0.717) is 16.6 Å². The second-order valence-electron chi connectivity index (χ2n) is 6.19. The highest BCUT2D eigenvalue weighted by Gasteiger charge is 2.14. The average Bonchev–Trinajstić information content (AvgIpc) is 3.32. The number of thiophene rings is 1. The topological polar surface area (TPSA) is 65.1 Å². The van der Waals surface area contributed by atoms with Crippen molar-refractivity contribution in [2.75, 3.05) is 0 Å². The van der Waals surface area contributed by atoms with Crippen molar-refractivity contribution in [2.24, 2.45) is 7.05 Å². The van der Waals surface area contributed by atoms with E-state index in [1.54, 1.807) is 28.0 Å². The van der Waals surface area contributed by atoms with E-state index in [1.165, 1.54) is 28.0 Å². The van der Waals surface area contributed by atoms with Crippen LogP contribution in [0.4, 0.5) is 0 Å². The van der Waals surface area contributed by atoms with Gasteiger partial charge >= 0.3 is 0 Å². The number of rotatable bonds is 5. The van der Waals surface area contributed by atoms with Crippen molar-refractivity contribution in [3.8, 4) is 11.4 Å². The van der Waals surface area contributed by atoms with Crippen LogP contribution in [0.3, 0.4) is 0 Å². The van der Waals surface area contributed by atoms with Crippen molar-refractivity contribution in [3.63, 3.8) is 0 Å². The normalized spacial score (nSPS) is 11.7. The van der Waals surface area contributed by atoms with Crippen molar-refractivity contribution in [3.05, 3.63) is 50.0 Å². The van der Waals surface area contributed by atoms with Crippen LogP contribution >= 0.6 is 34.4 Å². The van der Waals surface area contributed by atoms with Crippen LogP contribution in [-0.2, 0) is 12.8 Å². The van der Waals surface area contributed by atoms with Gasteiger partial charge in [0.15, 0.2) is 15.9 Å². The number of fused-ring (bicyclic) bond motifs is 1. The molecular formula is C17H17N5OS3. The molecule has 0 saturated heterocycles. The zero-order chi connectivity index (χ0) is 18.3. The lowest BCUT2D eigenvalue weighted by Crippen LogP contribution is -2.12. The molecule has 0 aliphatic carbocycles. The molecule has 0 radical (unpaired) electrons. The van der Waals surface area contributed by atoms with E-state index < -0.39 is 0 Å². The molecule has 0 saturated carbocycles. The fraction of sp³-hybridized carbons (Fsp3) is 0.294. The summed E-state index contributed by atoms with van der Waals surface area (Å²) in [5.41, 5.74) is 1.80. The van der Waals surface area contributed by atoms with E-state index in [2.05, 4.69) is 40.5 Å². The molecule has 0 N–H and O–H groups in total. The Morgan fingerprint density at radius 1 is 1.23 bits per heavy atom. The summed E-state index contributed by atoms with van der Waals surface area (Å²) in [4.78, 5) is 18.7. The number of hydrogen-bond donors (Lipinski definition) is 0. The molecule has 0 unspecified atom stereocenters. The molecule has 0 fully saturated rings. The smallest absolute Gasteiger partial charge is 0.258 e. The fourth-order valence-corrected chi connectivity index (χ4v) is 5.01. The summed E-state index contributed by atoms with van der Waals surface area (Å²) in [5.74, 6) is 1.95. The van der Waals surface area contributed by atoms with Crippen LogP contribution in [0.2, 0.25) is 0 Å². The Morgan fingerprint density at radius 3 is 2.85 bits per heavy atom. The third-order valence-electron chi connectivity index (χ3n) is 3.99. The molecule has 4 heterocycles. The average molecular weight is 404 g/mol. The molecule has 0 aliphatic rings. The molecular weight excluding hydrogens is 386 g/mol. The van der Waals surface area contributed by atoms with Gasteiger partial charge in [-0.2, -0.15) is 0 Å². The van der Waals surface area contributed by atoms with E-state index in [4.69, 9.17) is 0 Å². The largest absolute Gasteiger partial charge is 0.305 e. The highest BCUT2D eigenvalue weighted by molar-refractivity contribution is 7.98. The number of nitrogens with zero attached hydrogens (tertiary/aromatic N) is 5. The zero-order valence-electron chi connectivity index (χ0n) is 14.5. The lowest BCUT2D eigenvalue weighted by atomic mass is 10.1. The van der Waals surface area contributed by atoms with Crippen LogP contribution in [0.25, 0.3) is 16.3 Å². The predicted octanol–water partition coefficient (Wildman–Crippen LogP) is 4.03. The van der Waals surface area contributed by atoms with Gasteiger partial charge in [-0.15, -0.1) is 32.9 Å². The molecule has 134 valence electrons. The van der Waals surface area contributed by atoms with Gasteiger partial charge in [-0.25, -0.2) is 4.98 Å². The molecule has 4 aromatic heterocycles. The van der Waals surface area contributed by atoms with Crippen LogP contribution in [0.15, 0.2) is 39.0 Å². The number of thioether (sulfide) groups is 1. The highest BCUT2D eigenvalue weighted by Crippen LogP contribution is 2.30. The standard InChI is InChI=1S/C17H17N5OS3/c1-10(2)13-6-11(8-25-13)15-19-20-17(21(15)3)26-9-12-7-14(23)22-4-5-24-16(22)18-12/h4-8,10H,9H2,1-3H3. The van der Waals surface area contributed by atoms with Crippen LogP contribution in [0.1, 0.15) is 30.3 Å². The number of hydrogen-bond acceptors (Lipinski definition) is 7. The van der Waals surface area contributed by atoms with Crippen LogP contribution in [-0.4, -0.2) is 24.1 Å². The third-order valence-corrected chi connectivity index (χ3v) is 7.03. The highest BCUT2D eigenvalue weighted by atomic mass is 32.2. The maximum Gasteiger partial charge on any atom is 0.258 e. The summed E-state index contributed by atoms with van der Waals surface area (Å²) >= 11 is 4.74. The monoisotopic (exact) mass is 403 g/mol. The number of aromatic nitrogens is 5. The Hall–Kier alpha value is -1.97. The summed E-state index contributed by atoms with van der Waals surface area (Å²) in [7, 11) is 1.97. The van der Waals surface area contributed by atoms with E-state index >= 15 is 0 Å². The molecule has 0 aromatic carbocycles. The molecule has 26 heavy (non-hydrogen) atoms. The van der Waals surface area contributed by atoms with Gasteiger partial charge < -0.3 is 4.57 Å². The van der Waals surface area contributed by atoms with E-state index in [-0.39, 0.29) is 5.56 Å². The quantitative estimate of drug-likeness (QED) is 0.471. The summed E-state index contributed by atoms with van der Waals surface area (Å²) in [5, 5.41) is 13.5. The van der Waals surface area contributed by atoms with Crippen LogP contribution < -0.4 is 5.56 Å². The van der Waals surface area contributed by atoms with Gasteiger partial charge in [-0.1, -0.05) is 25.6 Å². The Bertz CT molecular complexity index is 1120. The predicted molar refractivity (Wildman–Crippen MR) is 107 cm³/mol. The van der Waals surface area contributed by atoms with E-state index in [9.17, 15) is 4.79 Å². The SMILES string of the molecule is CC(C)c1cc(-c2nnc(SCc3cc(=O)n4ccsc4n3)n2C)cs1. The summed E-state index contributed by atoms with van der Waals surface area (Å²) in [6.45, 7) is 4.38. The maximum atomic E-state index is 12.1. The van der Waals surface area contributed by atoms with E-state index in [0.717, 1.165) is 22.2 Å². The Kier molecular flexibility index (Phi) is 4.68. The van der Waals surface area contributed by atoms with Crippen LogP contribution in [0, 0.1) is 0 Å². The zero-order valence-corrected chi connectivity index (χ0v) is 17.0. The minimum Gasteiger partial charge on any atom is -0.305 e. The molecule has 0 amide bonds. The number of thiazole rings is 1. The second-order valence-corrected chi connectivity index (χ2v) is 8.95. The van der Waals surface area contributed by atoms with E-state index in [1.807, 2.05) is 17.0 Å². The lowest BCUT2D eigenvalue weighted by molar-refractivity contribution is 0.793. The molecule has 4 aromatic rings. The van der Waals surface area contributed by atoms with Gasteiger partial charge in [0, 0.05) is 46.3 Å². The molecule has 4 rings (SSSR count). The third kappa shape index (κ3) is 3.22. The summed E-state index contributed by atoms with van der Waals surface area (Å²) in [6.07, 6.45) is 1.74. The molecule has 6 nitrogen and oxygen atoms in total. The van der Waals surface area contributed by atoms with Crippen molar-refractivity contribution in [2.45, 2.75) is 30.7 Å². The minimum atomic E-state index is -0.0509. The molecule has 0 bridgehead atoms. The van der Waals surface area contributed by atoms with Gasteiger partial charge in [-0.3, -0.25) is 9.20 Å². The first kappa shape index (κ1) is 17.4. The molecule has 9 heteroatoms. The second kappa shape index (κ2) is 6.98. The Balaban J connectivity index is 1.55. The lowest BCUT2D eigenvalue weighted by Gasteiger charge is -2.03. The first-order chi connectivity index (χ1) is 12.5. The fourth-order valence-electron chi connectivity index (χ4n) is 2.57. The molecule has 0 spiro atoms. The molecule has 0 aliphatic heterocycles. The van der Waals surface area contributed by atoms with Gasteiger partial charge in [-0.05, 0) is 12.0 Å². The van der Waals surface area contributed by atoms with Gasteiger partial charge in [0.2, 0.25) is 0 Å². The van der Waals surface area contributed by atoms with Crippen LogP contribution in [0.5, 0.6) is 0 Å². The maximum absolute atomic E-state index is 12.1. The van der Waals surface area contributed by atoms with Crippen molar-refractivity contribution >= 4 is 39.4 Å². The van der Waals surface area contributed by atoms with Gasteiger partial charge in [0.25, 0.3) is 5.56 Å².